The Labute approximate surface area is 154 Å². The molecule has 0 aliphatic heterocycles. The lowest BCUT2D eigenvalue weighted by molar-refractivity contribution is 0.341. The molecule has 0 saturated carbocycles. The second kappa shape index (κ2) is 6.99. The molecule has 27 heavy (non-hydrogen) atoms. The van der Waals surface area contributed by atoms with Gasteiger partial charge in [-0.25, -0.2) is 0 Å². The van der Waals surface area contributed by atoms with Gasteiger partial charge in [0.25, 0.3) is 0 Å². The van der Waals surface area contributed by atoms with E-state index in [9.17, 15) is 15.0 Å². The fourth-order valence-electron chi connectivity index (χ4n) is 2.83. The van der Waals surface area contributed by atoms with Crippen molar-refractivity contribution in [2.24, 2.45) is 0 Å². The molecule has 8 nitrogen and oxygen atoms in total. The number of ether oxygens (including phenoxy) is 4. The summed E-state index contributed by atoms with van der Waals surface area (Å²) in [4.78, 5) is 13.0. The summed E-state index contributed by atoms with van der Waals surface area (Å²) < 4.78 is 26.4. The van der Waals surface area contributed by atoms with E-state index in [-0.39, 0.29) is 51.2 Å². The molecule has 0 aliphatic rings. The SMILES string of the molecule is COc1ccc(-c2oc3cc(OC)c(O)c(OC)c3c(=O)c2OC)cc1O. The van der Waals surface area contributed by atoms with Crippen LogP contribution in [0.15, 0.2) is 33.5 Å². The van der Waals surface area contributed by atoms with Crippen molar-refractivity contribution in [2.45, 2.75) is 0 Å². The average Bonchev–Trinajstić information content (AvgIpc) is 2.67. The summed E-state index contributed by atoms with van der Waals surface area (Å²) in [6.45, 7) is 0. The van der Waals surface area contributed by atoms with E-state index < -0.39 is 5.43 Å². The van der Waals surface area contributed by atoms with Gasteiger partial charge in [-0.2, -0.15) is 0 Å². The summed E-state index contributed by atoms with van der Waals surface area (Å²) in [7, 11) is 5.43. The molecule has 0 fully saturated rings. The predicted molar refractivity (Wildman–Crippen MR) is 97.5 cm³/mol. The maximum atomic E-state index is 13.0. The Morgan fingerprint density at radius 2 is 1.52 bits per heavy atom. The van der Waals surface area contributed by atoms with Crippen LogP contribution in [0.2, 0.25) is 0 Å². The molecule has 2 aromatic carbocycles. The van der Waals surface area contributed by atoms with Crippen molar-refractivity contribution in [1.29, 1.82) is 0 Å². The molecule has 0 spiro atoms. The van der Waals surface area contributed by atoms with Gasteiger partial charge in [-0.15, -0.1) is 0 Å². The minimum absolute atomic E-state index is 0.00846. The number of fused-ring (bicyclic) bond motifs is 1. The minimum Gasteiger partial charge on any atom is -0.504 e. The van der Waals surface area contributed by atoms with Crippen molar-refractivity contribution in [2.75, 3.05) is 28.4 Å². The van der Waals surface area contributed by atoms with Gasteiger partial charge >= 0.3 is 0 Å². The Balaban J connectivity index is 2.39. The highest BCUT2D eigenvalue weighted by molar-refractivity contribution is 5.91. The van der Waals surface area contributed by atoms with Gasteiger partial charge in [0.05, 0.1) is 28.4 Å². The van der Waals surface area contributed by atoms with E-state index in [0.29, 0.717) is 5.56 Å². The van der Waals surface area contributed by atoms with Crippen LogP contribution in [0.25, 0.3) is 22.3 Å². The highest BCUT2D eigenvalue weighted by atomic mass is 16.5. The van der Waals surface area contributed by atoms with Crippen molar-refractivity contribution in [3.8, 4) is 45.8 Å². The normalized spacial score (nSPS) is 10.7. The molecule has 0 amide bonds. The number of aromatic hydroxyl groups is 2. The quantitative estimate of drug-likeness (QED) is 0.702. The van der Waals surface area contributed by atoms with Crippen LogP contribution in [0.3, 0.4) is 0 Å². The van der Waals surface area contributed by atoms with Gasteiger partial charge in [-0.3, -0.25) is 4.79 Å². The van der Waals surface area contributed by atoms with Gasteiger partial charge in [-0.1, -0.05) is 0 Å². The van der Waals surface area contributed by atoms with Crippen LogP contribution in [0.5, 0.6) is 34.5 Å². The fourth-order valence-corrected chi connectivity index (χ4v) is 2.83. The number of hydrogen-bond donors (Lipinski definition) is 2. The molecule has 0 bridgehead atoms. The smallest absolute Gasteiger partial charge is 0.239 e. The predicted octanol–water partition coefficient (Wildman–Crippen LogP) is 2.91. The molecule has 0 aliphatic carbocycles. The monoisotopic (exact) mass is 374 g/mol. The van der Waals surface area contributed by atoms with Gasteiger partial charge in [0.1, 0.15) is 11.0 Å². The van der Waals surface area contributed by atoms with Crippen molar-refractivity contribution in [1.82, 2.24) is 0 Å². The van der Waals surface area contributed by atoms with Crippen LogP contribution < -0.4 is 24.4 Å². The Bertz CT molecular complexity index is 1070. The Morgan fingerprint density at radius 3 is 2.07 bits per heavy atom. The molecular weight excluding hydrogens is 356 g/mol. The maximum absolute atomic E-state index is 13.0. The van der Waals surface area contributed by atoms with E-state index >= 15 is 0 Å². The van der Waals surface area contributed by atoms with E-state index in [1.165, 1.54) is 46.6 Å². The summed E-state index contributed by atoms with van der Waals surface area (Å²) in [5.41, 5.74) is -0.0216. The van der Waals surface area contributed by atoms with E-state index in [1.54, 1.807) is 6.07 Å². The Hall–Kier alpha value is -3.55. The highest BCUT2D eigenvalue weighted by Gasteiger charge is 2.24. The third-order valence-corrected chi connectivity index (χ3v) is 4.10. The first-order valence-electron chi connectivity index (χ1n) is 7.82. The lowest BCUT2D eigenvalue weighted by Gasteiger charge is -2.14. The van der Waals surface area contributed by atoms with Crippen LogP contribution in [-0.4, -0.2) is 38.7 Å². The average molecular weight is 374 g/mol. The first-order chi connectivity index (χ1) is 13.0. The van der Waals surface area contributed by atoms with Crippen LogP contribution in [0.1, 0.15) is 0 Å². The van der Waals surface area contributed by atoms with E-state index in [0.717, 1.165) is 0 Å². The second-order valence-electron chi connectivity index (χ2n) is 5.51. The van der Waals surface area contributed by atoms with E-state index in [1.807, 2.05) is 0 Å². The second-order valence-corrected chi connectivity index (χ2v) is 5.51. The lowest BCUT2D eigenvalue weighted by atomic mass is 10.1. The molecule has 3 rings (SSSR count). The van der Waals surface area contributed by atoms with Gasteiger partial charge < -0.3 is 33.6 Å². The van der Waals surface area contributed by atoms with Crippen molar-refractivity contribution in [3.63, 3.8) is 0 Å². The van der Waals surface area contributed by atoms with E-state index in [4.69, 9.17) is 23.4 Å². The summed E-state index contributed by atoms with van der Waals surface area (Å²) >= 11 is 0. The van der Waals surface area contributed by atoms with Crippen LogP contribution in [-0.2, 0) is 0 Å². The van der Waals surface area contributed by atoms with Gasteiger partial charge in [-0.05, 0) is 18.2 Å². The lowest BCUT2D eigenvalue weighted by Crippen LogP contribution is -2.09. The zero-order valence-corrected chi connectivity index (χ0v) is 15.2. The number of rotatable bonds is 5. The summed E-state index contributed by atoms with van der Waals surface area (Å²) in [6, 6.07) is 5.91. The highest BCUT2D eigenvalue weighted by Crippen LogP contribution is 2.44. The molecule has 1 heterocycles. The molecule has 0 radical (unpaired) electrons. The number of phenols is 2. The van der Waals surface area contributed by atoms with Crippen LogP contribution >= 0.6 is 0 Å². The molecular formula is C19H18O8. The third-order valence-electron chi connectivity index (χ3n) is 4.10. The first kappa shape index (κ1) is 18.2. The molecule has 8 heteroatoms. The molecule has 3 aromatic rings. The molecule has 142 valence electrons. The van der Waals surface area contributed by atoms with Gasteiger partial charge in [0.15, 0.2) is 28.8 Å². The first-order valence-corrected chi connectivity index (χ1v) is 7.82. The third kappa shape index (κ3) is 2.84. The van der Waals surface area contributed by atoms with Crippen molar-refractivity contribution >= 4 is 11.0 Å². The topological polar surface area (TPSA) is 108 Å². The zero-order chi connectivity index (χ0) is 19.7. The number of methoxy groups -OCH3 is 4. The van der Waals surface area contributed by atoms with Gasteiger partial charge in [0, 0.05) is 11.6 Å². The van der Waals surface area contributed by atoms with E-state index in [2.05, 4.69) is 0 Å². The van der Waals surface area contributed by atoms with Crippen molar-refractivity contribution in [3.05, 3.63) is 34.5 Å². The number of hydrogen-bond acceptors (Lipinski definition) is 8. The number of phenolic OH excluding ortho intramolecular Hbond substituents is 2. The van der Waals surface area contributed by atoms with Crippen LogP contribution in [0.4, 0.5) is 0 Å². The maximum Gasteiger partial charge on any atom is 0.239 e. The fraction of sp³-hybridized carbons (Fsp3) is 0.211. The number of benzene rings is 2. The summed E-state index contributed by atoms with van der Waals surface area (Å²) in [5, 5.41) is 20.3. The molecule has 0 saturated heterocycles. The Kier molecular flexibility index (Phi) is 4.72. The van der Waals surface area contributed by atoms with Crippen LogP contribution in [0, 0.1) is 0 Å². The minimum atomic E-state index is -0.543. The standard InChI is InChI=1S/C19H18O8/c1-23-11-6-5-9(7-10(11)20)17-19(26-4)16(22)14-12(27-17)8-13(24-2)15(21)18(14)25-3/h5-8,20-21H,1-4H3. The molecule has 0 unspecified atom stereocenters. The Morgan fingerprint density at radius 1 is 0.852 bits per heavy atom. The summed E-state index contributed by atoms with van der Waals surface area (Å²) in [5.74, 6) is -0.180. The summed E-state index contributed by atoms with van der Waals surface area (Å²) in [6.07, 6.45) is 0. The molecule has 0 atom stereocenters. The molecule has 1 aromatic heterocycles. The largest absolute Gasteiger partial charge is 0.504 e. The van der Waals surface area contributed by atoms with Crippen molar-refractivity contribution < 1.29 is 33.6 Å². The van der Waals surface area contributed by atoms with Gasteiger partial charge in [0.2, 0.25) is 16.9 Å². The zero-order valence-electron chi connectivity index (χ0n) is 15.2. The molecule has 2 N–H and O–H groups in total.